The summed E-state index contributed by atoms with van der Waals surface area (Å²) in [6, 6.07) is 18.9. The first-order valence-electron chi connectivity index (χ1n) is 9.64. The second-order valence-corrected chi connectivity index (χ2v) is 7.52. The number of alkyl halides is 2. The molecule has 2 aromatic carbocycles. The van der Waals surface area contributed by atoms with Gasteiger partial charge in [0.05, 0.1) is 12.1 Å². The number of anilines is 2. The molecule has 29 heavy (non-hydrogen) atoms. The molecule has 148 valence electrons. The minimum atomic E-state index is -3.12. The van der Waals surface area contributed by atoms with Crippen LogP contribution in [0.4, 0.5) is 20.4 Å². The van der Waals surface area contributed by atoms with Crippen LogP contribution < -0.4 is 10.5 Å². The van der Waals surface area contributed by atoms with Crippen molar-refractivity contribution in [1.82, 2.24) is 14.5 Å². The maximum absolute atomic E-state index is 15.3. The molecule has 7 heteroatoms. The van der Waals surface area contributed by atoms with Crippen LogP contribution in [0.1, 0.15) is 16.8 Å². The Hall–Kier alpha value is -3.06. The highest BCUT2D eigenvalue weighted by molar-refractivity contribution is 5.60. The maximum atomic E-state index is 15.3. The molecule has 0 spiro atoms. The van der Waals surface area contributed by atoms with Gasteiger partial charge in [0.1, 0.15) is 5.69 Å². The molecule has 0 saturated carbocycles. The average molecular weight is 394 g/mol. The number of halogens is 2. The van der Waals surface area contributed by atoms with Gasteiger partial charge in [-0.1, -0.05) is 48.5 Å². The van der Waals surface area contributed by atoms with Crippen LogP contribution in [0, 0.1) is 0 Å². The Labute approximate surface area is 166 Å². The van der Waals surface area contributed by atoms with Crippen molar-refractivity contribution in [2.24, 2.45) is 0 Å². The smallest absolute Gasteiger partial charge is 0.300 e. The molecular formula is C22H20F2N4O. The Kier molecular flexibility index (Phi) is 4.20. The zero-order chi connectivity index (χ0) is 20.0. The van der Waals surface area contributed by atoms with Crippen molar-refractivity contribution in [3.05, 3.63) is 87.8 Å². The van der Waals surface area contributed by atoms with Crippen LogP contribution in [-0.2, 0) is 25.6 Å². The van der Waals surface area contributed by atoms with Crippen molar-refractivity contribution in [1.29, 1.82) is 0 Å². The van der Waals surface area contributed by atoms with Gasteiger partial charge < -0.3 is 9.47 Å². The number of fused-ring (bicyclic) bond motifs is 3. The molecule has 0 unspecified atom stereocenters. The molecule has 2 aliphatic heterocycles. The highest BCUT2D eigenvalue weighted by Gasteiger charge is 2.46. The maximum Gasteiger partial charge on any atom is 0.300 e. The van der Waals surface area contributed by atoms with Crippen molar-refractivity contribution < 1.29 is 8.78 Å². The Bertz CT molecular complexity index is 1100. The van der Waals surface area contributed by atoms with Gasteiger partial charge in [-0.15, -0.1) is 0 Å². The van der Waals surface area contributed by atoms with Crippen LogP contribution in [0.2, 0.25) is 0 Å². The highest BCUT2D eigenvalue weighted by atomic mass is 19.3. The van der Waals surface area contributed by atoms with E-state index in [0.717, 1.165) is 11.3 Å². The summed E-state index contributed by atoms with van der Waals surface area (Å²) in [6.45, 7) is 1.03. The molecule has 0 aliphatic carbocycles. The predicted octanol–water partition coefficient (Wildman–Crippen LogP) is 3.50. The lowest BCUT2D eigenvalue weighted by molar-refractivity contribution is -0.0621. The molecule has 1 aromatic heterocycles. The summed E-state index contributed by atoms with van der Waals surface area (Å²) in [5.74, 6) is -2.82. The summed E-state index contributed by atoms with van der Waals surface area (Å²) >= 11 is 0. The Morgan fingerprint density at radius 1 is 0.966 bits per heavy atom. The molecule has 5 rings (SSSR count). The third kappa shape index (κ3) is 3.11. The topological polar surface area (TPSA) is 41.4 Å². The second-order valence-electron chi connectivity index (χ2n) is 7.52. The molecule has 0 fully saturated rings. The van der Waals surface area contributed by atoms with E-state index in [0.29, 0.717) is 25.6 Å². The largest absolute Gasteiger partial charge is 0.310 e. The summed E-state index contributed by atoms with van der Waals surface area (Å²) in [5, 5.41) is 0. The van der Waals surface area contributed by atoms with Gasteiger partial charge in [0.15, 0.2) is 0 Å². The van der Waals surface area contributed by atoms with Crippen molar-refractivity contribution in [2.45, 2.75) is 25.6 Å². The van der Waals surface area contributed by atoms with E-state index in [1.165, 1.54) is 4.57 Å². The van der Waals surface area contributed by atoms with Crippen LogP contribution in [0.15, 0.2) is 65.5 Å². The first-order valence-corrected chi connectivity index (χ1v) is 9.64. The van der Waals surface area contributed by atoms with Crippen molar-refractivity contribution in [3.63, 3.8) is 0 Å². The van der Waals surface area contributed by atoms with E-state index in [1.54, 1.807) is 4.90 Å². The minimum Gasteiger partial charge on any atom is -0.310 e. The van der Waals surface area contributed by atoms with Gasteiger partial charge in [0.25, 0.3) is 5.56 Å². The molecule has 3 aromatic rings. The quantitative estimate of drug-likeness (QED) is 0.682. The Morgan fingerprint density at radius 3 is 2.38 bits per heavy atom. The summed E-state index contributed by atoms with van der Waals surface area (Å²) in [5.41, 5.74) is 1.16. The minimum absolute atomic E-state index is 0.107. The highest BCUT2D eigenvalue weighted by Crippen LogP contribution is 2.39. The van der Waals surface area contributed by atoms with Gasteiger partial charge in [-0.25, -0.2) is 0 Å². The molecular weight excluding hydrogens is 374 g/mol. The van der Waals surface area contributed by atoms with Gasteiger partial charge >= 0.3 is 5.92 Å². The van der Waals surface area contributed by atoms with Crippen molar-refractivity contribution in [2.75, 3.05) is 18.0 Å². The number of aromatic nitrogens is 2. The number of hydrogen-bond acceptors (Lipinski definition) is 4. The Morgan fingerprint density at radius 2 is 1.66 bits per heavy atom. The summed E-state index contributed by atoms with van der Waals surface area (Å²) in [6.07, 6.45) is 0. The Balaban J connectivity index is 1.55. The number of para-hydroxylation sites is 1. The lowest BCUT2D eigenvalue weighted by Gasteiger charge is -2.35. The van der Waals surface area contributed by atoms with Crippen LogP contribution in [0.5, 0.6) is 0 Å². The summed E-state index contributed by atoms with van der Waals surface area (Å²) in [7, 11) is 0. The third-order valence-electron chi connectivity index (χ3n) is 5.51. The lowest BCUT2D eigenvalue weighted by atomic mass is 10.0. The molecule has 0 saturated heterocycles. The van der Waals surface area contributed by atoms with E-state index in [1.807, 2.05) is 65.6 Å². The molecule has 0 N–H and O–H groups in total. The fraction of sp³-hybridized carbons (Fsp3) is 0.273. The van der Waals surface area contributed by atoms with Crippen molar-refractivity contribution >= 4 is 11.6 Å². The second kappa shape index (κ2) is 6.77. The molecule has 0 radical (unpaired) electrons. The predicted molar refractivity (Wildman–Crippen MR) is 106 cm³/mol. The zero-order valence-corrected chi connectivity index (χ0v) is 15.8. The number of nitrogens with zero attached hydrogens (tertiary/aromatic N) is 4. The van der Waals surface area contributed by atoms with E-state index in [9.17, 15) is 4.79 Å². The fourth-order valence-electron chi connectivity index (χ4n) is 4.30. The van der Waals surface area contributed by atoms with E-state index >= 15 is 8.78 Å². The molecule has 5 nitrogen and oxygen atoms in total. The van der Waals surface area contributed by atoms with Crippen LogP contribution >= 0.6 is 0 Å². The molecule has 2 aliphatic rings. The van der Waals surface area contributed by atoms with Gasteiger partial charge in [-0.2, -0.15) is 13.8 Å². The standard InChI is InChI=1S/C22H20F2N4O/c23-22(24)15-26(13-16-7-3-1-4-8-16)14-18-19(22)28-12-11-27(21(28)25-20(18)29)17-9-5-2-6-10-17/h1-10H,11-15H2. The van der Waals surface area contributed by atoms with E-state index in [-0.39, 0.29) is 17.8 Å². The SMILES string of the molecule is O=c1nc2n(c3c1CN(Cc1ccccc1)CC3(F)F)CCN2c1ccccc1. The number of rotatable bonds is 3. The van der Waals surface area contributed by atoms with Gasteiger partial charge in [0.2, 0.25) is 5.95 Å². The first kappa shape index (κ1) is 18.0. The van der Waals surface area contributed by atoms with Crippen LogP contribution in [0.25, 0.3) is 0 Å². The van der Waals surface area contributed by atoms with E-state index < -0.39 is 18.0 Å². The number of hydrogen-bond donors (Lipinski definition) is 0. The third-order valence-corrected chi connectivity index (χ3v) is 5.51. The van der Waals surface area contributed by atoms with Gasteiger partial charge in [-0.3, -0.25) is 9.69 Å². The molecule has 0 atom stereocenters. The first-order chi connectivity index (χ1) is 14.0. The monoisotopic (exact) mass is 394 g/mol. The zero-order valence-electron chi connectivity index (χ0n) is 15.8. The van der Waals surface area contributed by atoms with E-state index in [4.69, 9.17) is 0 Å². The van der Waals surface area contributed by atoms with E-state index in [2.05, 4.69) is 4.98 Å². The van der Waals surface area contributed by atoms with Crippen LogP contribution in [0.3, 0.4) is 0 Å². The van der Waals surface area contributed by atoms with Crippen LogP contribution in [-0.4, -0.2) is 27.5 Å². The molecule has 0 bridgehead atoms. The summed E-state index contributed by atoms with van der Waals surface area (Å²) in [4.78, 5) is 20.4. The average Bonchev–Trinajstić information content (AvgIpc) is 3.12. The molecule has 3 heterocycles. The normalized spacial score (nSPS) is 17.8. The van der Waals surface area contributed by atoms with Gasteiger partial charge in [0, 0.05) is 31.9 Å². The lowest BCUT2D eigenvalue weighted by Crippen LogP contribution is -2.45. The molecule has 0 amide bonds. The number of benzene rings is 2. The fourth-order valence-corrected chi connectivity index (χ4v) is 4.30. The summed E-state index contributed by atoms with van der Waals surface area (Å²) < 4.78 is 32.1. The van der Waals surface area contributed by atoms with Crippen molar-refractivity contribution in [3.8, 4) is 0 Å². The van der Waals surface area contributed by atoms with Gasteiger partial charge in [-0.05, 0) is 17.7 Å².